The maximum atomic E-state index is 12.4. The molecular weight excluding hydrogens is 344 g/mol. The fourth-order valence-electron chi connectivity index (χ4n) is 3.17. The van der Waals surface area contributed by atoms with E-state index in [-0.39, 0.29) is 6.03 Å². The fourth-order valence-corrected chi connectivity index (χ4v) is 3.17. The van der Waals surface area contributed by atoms with E-state index in [1.54, 1.807) is 23.5 Å². The van der Waals surface area contributed by atoms with Crippen LogP contribution in [0.3, 0.4) is 0 Å². The van der Waals surface area contributed by atoms with Gasteiger partial charge in [-0.15, -0.1) is 0 Å². The highest BCUT2D eigenvalue weighted by molar-refractivity contribution is 5.91. The zero-order valence-electron chi connectivity index (χ0n) is 15.2. The van der Waals surface area contributed by atoms with Gasteiger partial charge in [0.15, 0.2) is 0 Å². The monoisotopic (exact) mass is 364 g/mol. The first kappa shape index (κ1) is 17.1. The second-order valence-corrected chi connectivity index (χ2v) is 6.77. The van der Waals surface area contributed by atoms with Crippen molar-refractivity contribution in [1.82, 2.24) is 25.0 Å². The Morgan fingerprint density at radius 2 is 2.04 bits per heavy atom. The van der Waals surface area contributed by atoms with Gasteiger partial charge in [-0.25, -0.2) is 9.78 Å². The summed E-state index contributed by atoms with van der Waals surface area (Å²) in [4.78, 5) is 26.7. The lowest BCUT2D eigenvalue weighted by Gasteiger charge is -2.38. The summed E-state index contributed by atoms with van der Waals surface area (Å²) in [5.41, 5.74) is 3.58. The molecule has 2 aromatic heterocycles. The van der Waals surface area contributed by atoms with Crippen molar-refractivity contribution >= 4 is 11.7 Å². The Morgan fingerprint density at radius 1 is 1.26 bits per heavy atom. The van der Waals surface area contributed by atoms with Crippen molar-refractivity contribution in [2.75, 3.05) is 18.4 Å². The first-order chi connectivity index (χ1) is 13.1. The van der Waals surface area contributed by atoms with E-state index in [4.69, 9.17) is 4.52 Å². The predicted molar refractivity (Wildman–Crippen MR) is 99.0 cm³/mol. The number of carbonyl (C=O) groups is 1. The maximum absolute atomic E-state index is 12.4. The van der Waals surface area contributed by atoms with E-state index in [1.165, 1.54) is 0 Å². The molecule has 1 N–H and O–H groups in total. The largest absolute Gasteiger partial charge is 0.339 e. The second kappa shape index (κ2) is 7.14. The van der Waals surface area contributed by atoms with E-state index >= 15 is 0 Å². The minimum Gasteiger partial charge on any atom is -0.339 e. The Balaban J connectivity index is 1.31. The fraction of sp³-hybridized carbons (Fsp3) is 0.316. The summed E-state index contributed by atoms with van der Waals surface area (Å²) in [5, 5.41) is 6.96. The molecule has 1 aliphatic rings. The van der Waals surface area contributed by atoms with Gasteiger partial charge in [-0.2, -0.15) is 4.98 Å². The average Bonchev–Trinajstić information content (AvgIpc) is 3.10. The van der Waals surface area contributed by atoms with Crippen LogP contribution in [0.5, 0.6) is 0 Å². The van der Waals surface area contributed by atoms with Crippen LogP contribution in [-0.4, -0.2) is 44.1 Å². The van der Waals surface area contributed by atoms with Gasteiger partial charge in [0.25, 0.3) is 0 Å². The Labute approximate surface area is 156 Å². The third kappa shape index (κ3) is 3.64. The minimum atomic E-state index is -0.0746. The summed E-state index contributed by atoms with van der Waals surface area (Å²) in [6.45, 7) is 5.32. The molecule has 1 aliphatic heterocycles. The first-order valence-electron chi connectivity index (χ1n) is 8.81. The summed E-state index contributed by atoms with van der Waals surface area (Å²) in [5.74, 6) is 1.29. The summed E-state index contributed by atoms with van der Waals surface area (Å²) in [6.07, 6.45) is 5.42. The van der Waals surface area contributed by atoms with E-state index in [0.717, 1.165) is 16.8 Å². The third-order valence-electron chi connectivity index (χ3n) is 4.68. The molecule has 8 heteroatoms. The number of carbonyl (C=O) groups excluding carboxylic acids is 1. The Morgan fingerprint density at radius 3 is 2.74 bits per heavy atom. The number of aromatic nitrogens is 4. The number of urea groups is 1. The van der Waals surface area contributed by atoms with Gasteiger partial charge in [0.2, 0.25) is 11.7 Å². The molecule has 0 saturated carbocycles. The van der Waals surface area contributed by atoms with Gasteiger partial charge in [-0.1, -0.05) is 23.4 Å². The van der Waals surface area contributed by atoms with Crippen LogP contribution in [0.15, 0.2) is 41.3 Å². The highest BCUT2D eigenvalue weighted by Crippen LogP contribution is 2.24. The molecule has 27 heavy (non-hydrogen) atoms. The van der Waals surface area contributed by atoms with E-state index < -0.39 is 0 Å². The zero-order valence-corrected chi connectivity index (χ0v) is 15.2. The van der Waals surface area contributed by atoms with E-state index in [0.29, 0.717) is 42.8 Å². The molecule has 0 radical (unpaired) electrons. The molecular formula is C19H20N6O2. The van der Waals surface area contributed by atoms with E-state index in [1.807, 2.05) is 32.0 Å². The second-order valence-electron chi connectivity index (χ2n) is 6.77. The van der Waals surface area contributed by atoms with E-state index in [2.05, 4.69) is 25.4 Å². The van der Waals surface area contributed by atoms with Crippen LogP contribution < -0.4 is 5.32 Å². The summed E-state index contributed by atoms with van der Waals surface area (Å²) < 4.78 is 5.30. The molecule has 1 aromatic carbocycles. The van der Waals surface area contributed by atoms with Crippen molar-refractivity contribution < 1.29 is 9.32 Å². The Kier molecular flexibility index (Phi) is 4.53. The number of anilines is 1. The van der Waals surface area contributed by atoms with Gasteiger partial charge in [-0.3, -0.25) is 4.98 Å². The summed E-state index contributed by atoms with van der Waals surface area (Å²) >= 11 is 0. The number of nitrogens with zero attached hydrogens (tertiary/aromatic N) is 5. The number of amides is 2. The van der Waals surface area contributed by atoms with Crippen LogP contribution in [0.4, 0.5) is 10.5 Å². The van der Waals surface area contributed by atoms with Crippen molar-refractivity contribution in [3.63, 3.8) is 0 Å². The molecule has 1 fully saturated rings. The number of benzene rings is 1. The molecule has 0 aliphatic carbocycles. The van der Waals surface area contributed by atoms with Crippen LogP contribution in [0.25, 0.3) is 11.5 Å². The molecule has 138 valence electrons. The summed E-state index contributed by atoms with van der Waals surface area (Å²) in [6, 6.07) is 5.89. The quantitative estimate of drug-likeness (QED) is 0.764. The molecule has 4 rings (SSSR count). The number of rotatable bonds is 4. The van der Waals surface area contributed by atoms with Gasteiger partial charge >= 0.3 is 6.03 Å². The number of likely N-dealkylation sites (tertiary alicyclic amines) is 1. The van der Waals surface area contributed by atoms with Gasteiger partial charge in [0, 0.05) is 43.5 Å². The number of hydrogen-bond acceptors (Lipinski definition) is 6. The minimum absolute atomic E-state index is 0.0746. The topological polar surface area (TPSA) is 97.0 Å². The molecule has 0 unspecified atom stereocenters. The molecule has 2 amide bonds. The van der Waals surface area contributed by atoms with Crippen LogP contribution in [0.2, 0.25) is 0 Å². The standard InChI is InChI=1S/C19H20N6O2/c1-12-4-3-5-13(2)17(12)23-19(26)25-10-14(11-25)8-16-22-18(24-27-16)15-9-20-6-7-21-15/h3-7,9,14H,8,10-11H2,1-2H3,(H,23,26). The van der Waals surface area contributed by atoms with Crippen LogP contribution >= 0.6 is 0 Å². The van der Waals surface area contributed by atoms with Gasteiger partial charge in [-0.05, 0) is 25.0 Å². The van der Waals surface area contributed by atoms with Crippen molar-refractivity contribution in [2.24, 2.45) is 5.92 Å². The third-order valence-corrected chi connectivity index (χ3v) is 4.68. The van der Waals surface area contributed by atoms with Crippen molar-refractivity contribution in [2.45, 2.75) is 20.3 Å². The maximum Gasteiger partial charge on any atom is 0.321 e. The van der Waals surface area contributed by atoms with Gasteiger partial charge in [0.05, 0.1) is 6.20 Å². The van der Waals surface area contributed by atoms with E-state index in [9.17, 15) is 4.79 Å². The highest BCUT2D eigenvalue weighted by Gasteiger charge is 2.32. The summed E-state index contributed by atoms with van der Waals surface area (Å²) in [7, 11) is 0. The highest BCUT2D eigenvalue weighted by atomic mass is 16.5. The molecule has 8 nitrogen and oxygen atoms in total. The molecule has 1 saturated heterocycles. The lowest BCUT2D eigenvalue weighted by atomic mass is 9.97. The number of nitrogens with one attached hydrogen (secondary N) is 1. The Hall–Kier alpha value is -3.29. The van der Waals surface area contributed by atoms with Crippen molar-refractivity contribution in [3.05, 3.63) is 53.8 Å². The van der Waals surface area contributed by atoms with Crippen LogP contribution in [0, 0.1) is 19.8 Å². The van der Waals surface area contributed by atoms with Gasteiger partial charge < -0.3 is 14.7 Å². The molecule has 0 spiro atoms. The first-order valence-corrected chi connectivity index (χ1v) is 8.81. The van der Waals surface area contributed by atoms with Crippen molar-refractivity contribution in [1.29, 1.82) is 0 Å². The van der Waals surface area contributed by atoms with Crippen molar-refractivity contribution in [3.8, 4) is 11.5 Å². The Bertz CT molecular complexity index is 930. The van der Waals surface area contributed by atoms with Crippen LogP contribution in [-0.2, 0) is 6.42 Å². The lowest BCUT2D eigenvalue weighted by molar-refractivity contribution is 0.125. The normalized spacial score (nSPS) is 14.1. The smallest absolute Gasteiger partial charge is 0.321 e. The SMILES string of the molecule is Cc1cccc(C)c1NC(=O)N1CC(Cc2nc(-c3cnccn3)no2)C1. The molecule has 0 bridgehead atoms. The lowest BCUT2D eigenvalue weighted by Crippen LogP contribution is -2.52. The predicted octanol–water partition coefficient (Wildman–Crippen LogP) is 2.85. The number of aryl methyl sites for hydroxylation is 2. The molecule has 3 aromatic rings. The van der Waals surface area contributed by atoms with Gasteiger partial charge in [0.1, 0.15) is 5.69 Å². The molecule has 3 heterocycles. The van der Waals surface area contributed by atoms with Crippen LogP contribution in [0.1, 0.15) is 17.0 Å². The molecule has 0 atom stereocenters. The average molecular weight is 364 g/mol. The number of hydrogen-bond donors (Lipinski definition) is 1. The zero-order chi connectivity index (χ0) is 18.8. The number of para-hydroxylation sites is 1.